The predicted octanol–water partition coefficient (Wildman–Crippen LogP) is 19.4. The second kappa shape index (κ2) is 66.0. The molecule has 0 aliphatic rings. The summed E-state index contributed by atoms with van der Waals surface area (Å²) in [7, 11) is -9.79. The number of phosphoric acid groups is 2. The zero-order chi connectivity index (χ0) is 66.7. The first-order chi connectivity index (χ1) is 44.2. The predicted molar refractivity (Wildman–Crippen MR) is 371 cm³/mol. The molecule has 0 radical (unpaired) electrons. The summed E-state index contributed by atoms with van der Waals surface area (Å²) in [5.41, 5.74) is 0. The first-order valence-corrected chi connectivity index (χ1v) is 37.8. The quantitative estimate of drug-likeness (QED) is 0.0146. The first-order valence-electron chi connectivity index (χ1n) is 34.8. The molecule has 5 atom stereocenters. The molecule has 0 amide bonds. The number of aliphatic hydroxyl groups is 2. The minimum Gasteiger partial charge on any atom is -0.463 e. The number of phosphoric ester groups is 2. The Labute approximate surface area is 551 Å². The number of hydrogen-bond donors (Lipinski definition) is 4. The van der Waals surface area contributed by atoms with Gasteiger partial charge in [-0.3, -0.25) is 32.5 Å². The van der Waals surface area contributed by atoms with E-state index < -0.39 is 91.5 Å². The molecular weight excluding hydrogens is 1190 g/mol. The van der Waals surface area contributed by atoms with Gasteiger partial charge in [-0.1, -0.05) is 239 Å². The molecule has 522 valence electrons. The van der Waals surface area contributed by atoms with E-state index in [1.807, 2.05) is 0 Å². The molecule has 0 aromatic carbocycles. The molecule has 0 aromatic rings. The Morgan fingerprint density at radius 1 is 0.319 bits per heavy atom. The number of aliphatic hydroxyl groups excluding tert-OH is 2. The van der Waals surface area contributed by atoms with Crippen LogP contribution in [0.3, 0.4) is 0 Å². The number of rotatable bonds is 65. The monoisotopic (exact) mass is 1320 g/mol. The van der Waals surface area contributed by atoms with Gasteiger partial charge in [0.15, 0.2) is 6.10 Å². The van der Waals surface area contributed by atoms with Crippen molar-refractivity contribution >= 4 is 33.6 Å². The van der Waals surface area contributed by atoms with Crippen LogP contribution < -0.4 is 0 Å². The largest absolute Gasteiger partial charge is 0.472 e. The van der Waals surface area contributed by atoms with Gasteiger partial charge in [-0.2, -0.15) is 0 Å². The molecule has 0 spiro atoms. The van der Waals surface area contributed by atoms with Crippen molar-refractivity contribution in [3.63, 3.8) is 0 Å². The summed E-state index contributed by atoms with van der Waals surface area (Å²) >= 11 is 0. The summed E-state index contributed by atoms with van der Waals surface area (Å²) in [6.07, 6.45) is 75.3. The highest BCUT2D eigenvalue weighted by Gasteiger charge is 2.29. The molecule has 16 nitrogen and oxygen atoms in total. The van der Waals surface area contributed by atoms with Gasteiger partial charge in [0, 0.05) is 19.3 Å². The van der Waals surface area contributed by atoms with Crippen LogP contribution in [-0.2, 0) is 55.8 Å². The molecule has 0 aliphatic carbocycles. The van der Waals surface area contributed by atoms with Crippen LogP contribution in [0.15, 0.2) is 122 Å². The van der Waals surface area contributed by atoms with Gasteiger partial charge in [-0.15, -0.1) is 0 Å². The second-order valence-electron chi connectivity index (χ2n) is 22.9. The molecule has 0 aromatic heterocycles. The molecule has 0 bridgehead atoms. The first kappa shape index (κ1) is 87.0. The molecular formula is C73H124O16P2. The fraction of sp³-hybridized carbons (Fsp3) is 0.685. The van der Waals surface area contributed by atoms with Crippen LogP contribution >= 0.6 is 15.6 Å². The van der Waals surface area contributed by atoms with Gasteiger partial charge in [-0.05, 0) is 128 Å². The van der Waals surface area contributed by atoms with E-state index in [-0.39, 0.29) is 19.3 Å². The Bertz CT molecular complexity index is 2140. The van der Waals surface area contributed by atoms with Crippen molar-refractivity contribution in [1.29, 1.82) is 0 Å². The third-order valence-corrected chi connectivity index (χ3v) is 16.1. The van der Waals surface area contributed by atoms with E-state index in [4.69, 9.17) is 32.3 Å². The highest BCUT2D eigenvalue weighted by atomic mass is 31.2. The zero-order valence-electron chi connectivity index (χ0n) is 56.5. The number of hydrogen-bond acceptors (Lipinski definition) is 14. The fourth-order valence-electron chi connectivity index (χ4n) is 8.88. The number of carbonyl (C=O) groups excluding carboxylic acids is 3. The minimum absolute atomic E-state index is 0.0888. The van der Waals surface area contributed by atoms with E-state index in [1.54, 1.807) is 0 Å². The Morgan fingerprint density at radius 3 is 0.934 bits per heavy atom. The average molecular weight is 1320 g/mol. The molecule has 0 aliphatic heterocycles. The highest BCUT2D eigenvalue weighted by molar-refractivity contribution is 7.47. The van der Waals surface area contributed by atoms with Crippen molar-refractivity contribution in [2.45, 2.75) is 283 Å². The topological polar surface area (TPSA) is 231 Å². The summed E-state index contributed by atoms with van der Waals surface area (Å²) in [6.45, 7) is 2.38. The number of esters is 3. The SMILES string of the molecule is CC/C=C\C/C=C\C/C=C\C/C=C\C/C=C\C/C=C\CCCCCCCCC(=O)OCC(O)COP(=O)(O)OCC(O)COP(=O)(O)OCC(COC(=O)CCCCCCC/C=C\C/C=C\C/C=C\CC)OC(=O)CCCCCCC/C=C\CCCCCCCC. The summed E-state index contributed by atoms with van der Waals surface area (Å²) < 4.78 is 60.9. The Hall–Kier alpha value is -4.05. The number of unbranched alkanes of at least 4 members (excludes halogenated alkanes) is 22. The fourth-order valence-corrected chi connectivity index (χ4v) is 10.5. The van der Waals surface area contributed by atoms with Gasteiger partial charge >= 0.3 is 33.6 Å². The van der Waals surface area contributed by atoms with Crippen molar-refractivity contribution in [2.75, 3.05) is 39.6 Å². The highest BCUT2D eigenvalue weighted by Crippen LogP contribution is 2.45. The third-order valence-electron chi connectivity index (χ3n) is 14.2. The summed E-state index contributed by atoms with van der Waals surface area (Å²) in [5, 5.41) is 20.6. The Morgan fingerprint density at radius 2 is 0.582 bits per heavy atom. The Balaban J connectivity index is 4.61. The number of ether oxygens (including phenoxy) is 3. The normalized spacial score (nSPS) is 14.9. The van der Waals surface area contributed by atoms with Crippen LogP contribution in [0.1, 0.15) is 265 Å². The van der Waals surface area contributed by atoms with Gasteiger partial charge in [0.2, 0.25) is 0 Å². The maximum atomic E-state index is 12.9. The van der Waals surface area contributed by atoms with Crippen LogP contribution in [0.4, 0.5) is 0 Å². The van der Waals surface area contributed by atoms with Crippen LogP contribution in [-0.4, -0.2) is 95.9 Å². The summed E-state index contributed by atoms with van der Waals surface area (Å²) in [4.78, 5) is 58.4. The van der Waals surface area contributed by atoms with Crippen molar-refractivity contribution < 1.29 is 75.8 Å². The van der Waals surface area contributed by atoms with Crippen LogP contribution in [0.25, 0.3) is 0 Å². The smallest absolute Gasteiger partial charge is 0.463 e. The van der Waals surface area contributed by atoms with Gasteiger partial charge in [0.1, 0.15) is 25.4 Å². The van der Waals surface area contributed by atoms with Crippen molar-refractivity contribution in [3.05, 3.63) is 122 Å². The maximum absolute atomic E-state index is 12.9. The van der Waals surface area contributed by atoms with Gasteiger partial charge < -0.3 is 34.2 Å². The molecule has 0 saturated carbocycles. The summed E-state index contributed by atoms with van der Waals surface area (Å²) in [6, 6.07) is 0. The second-order valence-corrected chi connectivity index (χ2v) is 25.8. The van der Waals surface area contributed by atoms with Crippen molar-refractivity contribution in [1.82, 2.24) is 0 Å². The molecule has 18 heteroatoms. The molecule has 0 rings (SSSR count). The maximum Gasteiger partial charge on any atom is 0.472 e. The van der Waals surface area contributed by atoms with E-state index in [1.165, 1.54) is 38.5 Å². The van der Waals surface area contributed by atoms with Gasteiger partial charge in [0.05, 0.1) is 26.4 Å². The average Bonchev–Trinajstić information content (AvgIpc) is 3.08. The molecule has 91 heavy (non-hydrogen) atoms. The lowest BCUT2D eigenvalue weighted by Gasteiger charge is -2.21. The van der Waals surface area contributed by atoms with E-state index in [9.17, 15) is 43.5 Å². The van der Waals surface area contributed by atoms with Crippen LogP contribution in [0.5, 0.6) is 0 Å². The van der Waals surface area contributed by atoms with E-state index in [0.717, 1.165) is 167 Å². The van der Waals surface area contributed by atoms with Gasteiger partial charge in [-0.25, -0.2) is 9.13 Å². The lowest BCUT2D eigenvalue weighted by Crippen LogP contribution is -2.30. The number of carbonyl (C=O) groups is 3. The van der Waals surface area contributed by atoms with Crippen LogP contribution in [0.2, 0.25) is 0 Å². The van der Waals surface area contributed by atoms with Crippen LogP contribution in [0, 0.1) is 0 Å². The zero-order valence-corrected chi connectivity index (χ0v) is 58.3. The molecule has 0 heterocycles. The minimum atomic E-state index is -4.93. The standard InChI is InChI=1S/C73H124O16P2/c1-4-7-10-13-16-19-22-25-28-29-30-31-32-33-34-35-36-37-40-42-44-47-50-53-56-59-71(76)83-62-68(74)63-85-90(79,80)86-64-69(75)65-87-91(81,82)88-67-70(89-73(78)61-58-55-52-49-46-43-39-27-24-21-18-15-12-9-6-3)66-84-72(77)60-57-54-51-48-45-41-38-26-23-20-17-14-11-8-5-2/h7-8,10-11,16-17,19-20,25-28,30-31,33-34,36-39,68-70,74-75H,4-6,9,12-15,18,21-24,29,32,35,40-67H2,1-3H3,(H,79,80)(H,81,82)/b10-7-,11-8-,19-16-,20-17-,28-25-,31-30-,34-33-,37-36-,38-26-,39-27-. The lowest BCUT2D eigenvalue weighted by atomic mass is 10.1. The van der Waals surface area contributed by atoms with Gasteiger partial charge in [0.25, 0.3) is 0 Å². The summed E-state index contributed by atoms with van der Waals surface area (Å²) in [5.74, 6) is -1.62. The number of allylic oxidation sites excluding steroid dienone is 20. The van der Waals surface area contributed by atoms with E-state index in [2.05, 4.69) is 142 Å². The Kier molecular flexibility index (Phi) is 63.1. The molecule has 4 N–H and O–H groups in total. The third kappa shape index (κ3) is 67.2. The van der Waals surface area contributed by atoms with Crippen molar-refractivity contribution in [3.8, 4) is 0 Å². The van der Waals surface area contributed by atoms with E-state index >= 15 is 0 Å². The van der Waals surface area contributed by atoms with Crippen molar-refractivity contribution in [2.24, 2.45) is 0 Å². The molecule has 0 fully saturated rings. The molecule has 0 saturated heterocycles. The lowest BCUT2D eigenvalue weighted by molar-refractivity contribution is -0.161. The molecule has 5 unspecified atom stereocenters. The van der Waals surface area contributed by atoms with E-state index in [0.29, 0.717) is 19.3 Å².